The van der Waals surface area contributed by atoms with E-state index in [2.05, 4.69) is 400 Å². The number of benzene rings is 14. The Bertz CT molecular complexity index is 5070. The largest absolute Gasteiger partial charge is 0.457 e. The average Bonchev–Trinajstić information content (AvgIpc) is 0.722. The van der Waals surface area contributed by atoms with Gasteiger partial charge in [0.15, 0.2) is 0 Å². The lowest BCUT2D eigenvalue weighted by Gasteiger charge is -2.39. The van der Waals surface area contributed by atoms with Crippen molar-refractivity contribution in [3.8, 4) is 146 Å². The number of ether oxygens (including phenoxy) is 1. The van der Waals surface area contributed by atoms with Crippen LogP contribution >= 0.6 is 0 Å². The first-order valence-corrected chi connectivity index (χ1v) is 38.1. The van der Waals surface area contributed by atoms with Gasteiger partial charge in [-0.25, -0.2) is 0 Å². The van der Waals surface area contributed by atoms with Gasteiger partial charge in [-0.3, -0.25) is 0 Å². The van der Waals surface area contributed by atoms with Gasteiger partial charge in [-0.05, 0) is 224 Å². The van der Waals surface area contributed by atoms with Crippen molar-refractivity contribution in [1.29, 1.82) is 0 Å². The summed E-state index contributed by atoms with van der Waals surface area (Å²) in [5.41, 5.74) is 30.2. The zero-order chi connectivity index (χ0) is 72.1. The Morgan fingerprint density at radius 2 is 0.571 bits per heavy atom. The molecule has 0 bridgehead atoms. The molecule has 1 nitrogen and oxygen atoms in total. The third-order valence-electron chi connectivity index (χ3n) is 21.9. The highest BCUT2D eigenvalue weighted by atomic mass is 16.5. The first kappa shape index (κ1) is 70.5. The van der Waals surface area contributed by atoms with E-state index in [1.165, 1.54) is 73.2 Å². The highest BCUT2D eigenvalue weighted by Crippen LogP contribution is 2.60. The molecule has 0 amide bonds. The molecule has 516 valence electrons. The average molecular weight is 1360 g/mol. The number of rotatable bonds is 24. The molecule has 0 aliphatic rings. The highest BCUT2D eigenvalue weighted by Gasteiger charge is 2.38. The Morgan fingerprint density at radius 1 is 0.286 bits per heavy atom. The Balaban J connectivity index is 0.985. The second-order valence-electron chi connectivity index (χ2n) is 29.0. The molecule has 0 saturated carbocycles. The van der Waals surface area contributed by atoms with Crippen molar-refractivity contribution in [2.75, 3.05) is 0 Å². The predicted octanol–water partition coefficient (Wildman–Crippen LogP) is 29.6. The summed E-state index contributed by atoms with van der Waals surface area (Å²) in [7, 11) is 0. The minimum atomic E-state index is -0.200. The molecular formula is C104H94O. The number of unbranched alkanes of at least 4 members (excludes halogenated alkanes) is 1. The molecule has 0 spiro atoms. The molecule has 1 heteroatoms. The fraction of sp³-hybridized carbons (Fsp3) is 0.173. The number of hydrogen-bond donors (Lipinski definition) is 0. The third-order valence-corrected chi connectivity index (χ3v) is 21.9. The van der Waals surface area contributed by atoms with Gasteiger partial charge in [0.2, 0.25) is 0 Å². The summed E-state index contributed by atoms with van der Waals surface area (Å²) in [5.74, 6) is 9.34. The molecule has 2 unspecified atom stereocenters. The summed E-state index contributed by atoms with van der Waals surface area (Å²) in [6.45, 7) is 16.9. The second-order valence-corrected chi connectivity index (χ2v) is 29.0. The van der Waals surface area contributed by atoms with Gasteiger partial charge in [0, 0.05) is 11.1 Å². The maximum absolute atomic E-state index is 7.12. The molecule has 14 aromatic carbocycles. The fourth-order valence-corrected chi connectivity index (χ4v) is 16.4. The summed E-state index contributed by atoms with van der Waals surface area (Å²) in [4.78, 5) is 0. The van der Waals surface area contributed by atoms with E-state index in [1.807, 2.05) is 0 Å². The third kappa shape index (κ3) is 15.0. The highest BCUT2D eigenvalue weighted by molar-refractivity contribution is 6.16. The maximum atomic E-state index is 7.12. The summed E-state index contributed by atoms with van der Waals surface area (Å²) in [5, 5.41) is 0. The van der Waals surface area contributed by atoms with Gasteiger partial charge in [0.05, 0.1) is 0 Å². The lowest BCUT2D eigenvalue weighted by molar-refractivity contribution is 0.330. The molecule has 0 fully saturated rings. The zero-order valence-electron chi connectivity index (χ0n) is 62.0. The van der Waals surface area contributed by atoms with Crippen molar-refractivity contribution >= 4 is 0 Å². The smallest absolute Gasteiger partial charge is 0.127 e. The van der Waals surface area contributed by atoms with Crippen molar-refractivity contribution in [1.82, 2.24) is 0 Å². The molecular weight excluding hydrogens is 1270 g/mol. The van der Waals surface area contributed by atoms with E-state index in [0.717, 1.165) is 134 Å². The first-order valence-electron chi connectivity index (χ1n) is 38.1. The van der Waals surface area contributed by atoms with Crippen molar-refractivity contribution in [3.63, 3.8) is 0 Å². The molecule has 0 aromatic heterocycles. The minimum absolute atomic E-state index is 0.0991. The van der Waals surface area contributed by atoms with Crippen molar-refractivity contribution < 1.29 is 4.74 Å². The molecule has 0 aliphatic heterocycles. The van der Waals surface area contributed by atoms with E-state index in [-0.39, 0.29) is 10.8 Å². The van der Waals surface area contributed by atoms with E-state index < -0.39 is 0 Å². The van der Waals surface area contributed by atoms with Gasteiger partial charge < -0.3 is 4.74 Å². The second kappa shape index (κ2) is 32.4. The van der Waals surface area contributed by atoms with E-state index in [4.69, 9.17) is 4.74 Å². The standard InChI is InChI=1S/C104H94O/c1-8-12-69-103(6,10-3)88-71-76(60-59-75-41-22-13-23-42-75)70-87(72-88)99-93(79-47-28-16-29-48-79)91(77-43-24-14-25-44-77)95(92(78-45-26-15-27-46-78)94(99)80-49-30-17-31-50-80)85-61-65-89(66-62-85)105-90-67-63-86(64-68-90)96-97(81-51-32-18-33-52-81)100(83-55-36-20-37-56-83)102(104(7,11-4)73-74(5)40-9-2)101(84-57-38-21-39-58-84)98(96)82-53-34-19-35-54-82/h13-39,41-58,61-68,70-72,74H,8-12,40,69,73H2,1-7H3/t74-,103?,104?/m0/s1. The topological polar surface area (TPSA) is 9.23 Å². The van der Waals surface area contributed by atoms with Crippen molar-refractivity contribution in [2.45, 2.75) is 111 Å². The molecule has 0 heterocycles. The Hall–Kier alpha value is -11.6. The van der Waals surface area contributed by atoms with Crippen LogP contribution in [-0.2, 0) is 10.8 Å². The van der Waals surface area contributed by atoms with E-state index >= 15 is 0 Å². The van der Waals surface area contributed by atoms with Crippen LogP contribution in [0.5, 0.6) is 11.5 Å². The van der Waals surface area contributed by atoms with Gasteiger partial charge in [-0.2, -0.15) is 0 Å². The van der Waals surface area contributed by atoms with Crippen LogP contribution in [0, 0.1) is 17.8 Å². The predicted molar refractivity (Wildman–Crippen MR) is 449 cm³/mol. The van der Waals surface area contributed by atoms with Crippen LogP contribution < -0.4 is 4.74 Å². The van der Waals surface area contributed by atoms with E-state index in [9.17, 15) is 0 Å². The minimum Gasteiger partial charge on any atom is -0.457 e. The van der Waals surface area contributed by atoms with E-state index in [0.29, 0.717) is 5.92 Å². The lowest BCUT2D eigenvalue weighted by atomic mass is 9.64. The number of hydrogen-bond acceptors (Lipinski definition) is 1. The van der Waals surface area contributed by atoms with Gasteiger partial charge in [-0.1, -0.05) is 377 Å². The van der Waals surface area contributed by atoms with Crippen molar-refractivity contribution in [3.05, 3.63) is 362 Å². The molecule has 14 aromatic rings. The Morgan fingerprint density at radius 3 is 0.886 bits per heavy atom. The van der Waals surface area contributed by atoms with Gasteiger partial charge >= 0.3 is 0 Å². The van der Waals surface area contributed by atoms with Crippen LogP contribution in [0.3, 0.4) is 0 Å². The summed E-state index contributed by atoms with van der Waals surface area (Å²) >= 11 is 0. The fourth-order valence-electron chi connectivity index (χ4n) is 16.4. The van der Waals surface area contributed by atoms with Gasteiger partial charge in [0.1, 0.15) is 11.5 Å². The quantitative estimate of drug-likeness (QED) is 0.0548. The van der Waals surface area contributed by atoms with Crippen LogP contribution in [0.15, 0.2) is 340 Å². The lowest BCUT2D eigenvalue weighted by Crippen LogP contribution is -2.27. The molecule has 105 heavy (non-hydrogen) atoms. The Kier molecular flexibility index (Phi) is 21.8. The van der Waals surface area contributed by atoms with Crippen LogP contribution in [0.25, 0.3) is 122 Å². The van der Waals surface area contributed by atoms with Crippen LogP contribution in [0.1, 0.15) is 122 Å². The summed E-state index contributed by atoms with van der Waals surface area (Å²) < 4.78 is 7.12. The van der Waals surface area contributed by atoms with Crippen LogP contribution in [-0.4, -0.2) is 0 Å². The summed E-state index contributed by atoms with van der Waals surface area (Å²) in [6.07, 6.45) is 8.70. The van der Waals surface area contributed by atoms with E-state index in [1.54, 1.807) is 0 Å². The Labute approximate surface area is 625 Å². The maximum Gasteiger partial charge on any atom is 0.127 e. The zero-order valence-corrected chi connectivity index (χ0v) is 62.0. The summed E-state index contributed by atoms with van der Waals surface area (Å²) in [6, 6.07) is 125. The van der Waals surface area contributed by atoms with Crippen molar-refractivity contribution in [2.24, 2.45) is 5.92 Å². The molecule has 14 rings (SSSR count). The molecule has 0 aliphatic carbocycles. The monoisotopic (exact) mass is 1360 g/mol. The van der Waals surface area contributed by atoms with Crippen LogP contribution in [0.4, 0.5) is 0 Å². The first-order chi connectivity index (χ1) is 51.6. The van der Waals surface area contributed by atoms with Gasteiger partial charge in [-0.15, -0.1) is 0 Å². The molecule has 0 radical (unpaired) electrons. The SMILES string of the molecule is CCCCC(C)(CC)c1cc(C#Cc2ccccc2)cc(-c2c(-c3ccccc3)c(-c3ccccc3)c(-c3ccc(Oc4ccc(-c5c(-c6ccccc6)c(-c6ccccc6)c(C(C)(CC)C[C@@H](C)CCC)c(-c6ccccc6)c5-c5ccccc5)cc4)cc3)c(-c3ccccc3)c2-c2ccccc2)c1. The molecule has 0 saturated heterocycles. The normalized spacial score (nSPS) is 12.7. The van der Waals surface area contributed by atoms with Crippen LogP contribution in [0.2, 0.25) is 0 Å². The molecule has 0 N–H and O–H groups in total. The molecule has 3 atom stereocenters. The van der Waals surface area contributed by atoms with Gasteiger partial charge in [0.25, 0.3) is 0 Å².